The number of carbonyl (C=O) groups excluding carboxylic acids is 1. The first kappa shape index (κ1) is 15.0. The third-order valence-corrected chi connectivity index (χ3v) is 3.36. The number of hydrogen-bond acceptors (Lipinski definition) is 4. The third kappa shape index (κ3) is 3.02. The molecular formula is C13H22O5. The number of ether oxygens (including phenoxy) is 2. The minimum Gasteiger partial charge on any atom is -0.480 e. The molecule has 1 saturated carbocycles. The lowest BCUT2D eigenvalue weighted by atomic mass is 9.86. The van der Waals surface area contributed by atoms with Crippen molar-refractivity contribution in [1.82, 2.24) is 0 Å². The standard InChI is InChI=1S/C13H22O5/c1-4-17-10(9(2)3)18-12(16)13(11(14)15)7-5-6-8-13/h9-10H,4-8H2,1-3H3,(H,14,15). The van der Waals surface area contributed by atoms with Gasteiger partial charge < -0.3 is 14.6 Å². The van der Waals surface area contributed by atoms with Gasteiger partial charge in [-0.1, -0.05) is 26.7 Å². The van der Waals surface area contributed by atoms with Gasteiger partial charge in [0.1, 0.15) is 0 Å². The van der Waals surface area contributed by atoms with Gasteiger partial charge in [-0.15, -0.1) is 0 Å². The van der Waals surface area contributed by atoms with Crippen LogP contribution in [0.15, 0.2) is 0 Å². The van der Waals surface area contributed by atoms with Crippen molar-refractivity contribution in [3.05, 3.63) is 0 Å². The Bertz CT molecular complexity index is 305. The highest BCUT2D eigenvalue weighted by molar-refractivity contribution is 5.99. The van der Waals surface area contributed by atoms with Crippen LogP contribution in [0.25, 0.3) is 0 Å². The second kappa shape index (κ2) is 6.18. The molecule has 0 heterocycles. The highest BCUT2D eigenvalue weighted by Crippen LogP contribution is 2.40. The zero-order chi connectivity index (χ0) is 13.8. The molecule has 1 unspecified atom stereocenters. The van der Waals surface area contributed by atoms with E-state index in [1.165, 1.54) is 0 Å². The predicted molar refractivity (Wildman–Crippen MR) is 64.9 cm³/mol. The summed E-state index contributed by atoms with van der Waals surface area (Å²) in [5.74, 6) is -1.73. The van der Waals surface area contributed by atoms with Gasteiger partial charge in [0.2, 0.25) is 6.29 Å². The summed E-state index contributed by atoms with van der Waals surface area (Å²) in [6, 6.07) is 0. The van der Waals surface area contributed by atoms with Crippen LogP contribution in [0.4, 0.5) is 0 Å². The van der Waals surface area contributed by atoms with E-state index in [0.29, 0.717) is 19.4 Å². The van der Waals surface area contributed by atoms with Crippen LogP contribution in [0, 0.1) is 11.3 Å². The Hall–Kier alpha value is -1.10. The van der Waals surface area contributed by atoms with Crippen molar-refractivity contribution in [3.63, 3.8) is 0 Å². The number of carboxylic acids is 1. The van der Waals surface area contributed by atoms with E-state index in [1.807, 2.05) is 20.8 Å². The van der Waals surface area contributed by atoms with Crippen molar-refractivity contribution < 1.29 is 24.2 Å². The second-order valence-corrected chi connectivity index (χ2v) is 5.07. The Morgan fingerprint density at radius 3 is 2.22 bits per heavy atom. The summed E-state index contributed by atoms with van der Waals surface area (Å²) in [6.45, 7) is 5.98. The smallest absolute Gasteiger partial charge is 0.325 e. The minimum absolute atomic E-state index is 0.00106. The second-order valence-electron chi connectivity index (χ2n) is 5.07. The number of aliphatic carboxylic acids is 1. The number of rotatable bonds is 6. The van der Waals surface area contributed by atoms with Crippen LogP contribution >= 0.6 is 0 Å². The molecule has 1 fully saturated rings. The predicted octanol–water partition coefficient (Wildman–Crippen LogP) is 2.19. The van der Waals surface area contributed by atoms with Gasteiger partial charge in [0.05, 0.1) is 0 Å². The molecule has 18 heavy (non-hydrogen) atoms. The molecule has 0 aliphatic heterocycles. The molecule has 104 valence electrons. The zero-order valence-corrected chi connectivity index (χ0v) is 11.3. The molecular weight excluding hydrogens is 236 g/mol. The highest BCUT2D eigenvalue weighted by atomic mass is 16.7. The van der Waals surface area contributed by atoms with Crippen molar-refractivity contribution in [2.75, 3.05) is 6.61 Å². The van der Waals surface area contributed by atoms with Crippen LogP contribution < -0.4 is 0 Å². The van der Waals surface area contributed by atoms with Crippen LogP contribution in [0.1, 0.15) is 46.5 Å². The topological polar surface area (TPSA) is 72.8 Å². The maximum atomic E-state index is 12.1. The van der Waals surface area contributed by atoms with Crippen LogP contribution in [0.5, 0.6) is 0 Å². The minimum atomic E-state index is -1.36. The van der Waals surface area contributed by atoms with Crippen molar-refractivity contribution >= 4 is 11.9 Å². The molecule has 0 aromatic heterocycles. The van der Waals surface area contributed by atoms with Crippen LogP contribution in [0.2, 0.25) is 0 Å². The van der Waals surface area contributed by atoms with Crippen molar-refractivity contribution in [1.29, 1.82) is 0 Å². The quantitative estimate of drug-likeness (QED) is 0.449. The largest absolute Gasteiger partial charge is 0.480 e. The Balaban J connectivity index is 2.75. The number of hydrogen-bond donors (Lipinski definition) is 1. The lowest BCUT2D eigenvalue weighted by Crippen LogP contribution is -2.41. The lowest BCUT2D eigenvalue weighted by molar-refractivity contribution is -0.201. The summed E-state index contributed by atoms with van der Waals surface area (Å²) >= 11 is 0. The van der Waals surface area contributed by atoms with E-state index >= 15 is 0 Å². The summed E-state index contributed by atoms with van der Waals surface area (Å²) in [6.07, 6.45) is 1.56. The number of carboxylic acid groups (broad SMARTS) is 1. The van der Waals surface area contributed by atoms with Gasteiger partial charge in [-0.2, -0.15) is 0 Å². The highest BCUT2D eigenvalue weighted by Gasteiger charge is 2.50. The summed E-state index contributed by atoms with van der Waals surface area (Å²) in [7, 11) is 0. The molecule has 5 heteroatoms. The summed E-state index contributed by atoms with van der Waals surface area (Å²) in [5, 5.41) is 9.27. The first-order valence-electron chi connectivity index (χ1n) is 6.50. The molecule has 1 N–H and O–H groups in total. The van der Waals surface area contributed by atoms with Gasteiger partial charge >= 0.3 is 11.9 Å². The Labute approximate surface area is 107 Å². The van der Waals surface area contributed by atoms with E-state index in [0.717, 1.165) is 12.8 Å². The van der Waals surface area contributed by atoms with Gasteiger partial charge in [0.15, 0.2) is 5.41 Å². The lowest BCUT2D eigenvalue weighted by Gasteiger charge is -2.27. The van der Waals surface area contributed by atoms with E-state index in [9.17, 15) is 14.7 Å². The molecule has 1 rings (SSSR count). The summed E-state index contributed by atoms with van der Waals surface area (Å²) < 4.78 is 10.6. The fourth-order valence-electron chi connectivity index (χ4n) is 2.23. The normalized spacial score (nSPS) is 19.8. The SMILES string of the molecule is CCOC(OC(=O)C1(C(=O)O)CCCC1)C(C)C. The monoisotopic (exact) mass is 258 g/mol. The molecule has 0 spiro atoms. The van der Waals surface area contributed by atoms with E-state index in [4.69, 9.17) is 9.47 Å². The fourth-order valence-corrected chi connectivity index (χ4v) is 2.23. The number of carbonyl (C=O) groups is 2. The van der Waals surface area contributed by atoms with E-state index in [-0.39, 0.29) is 5.92 Å². The van der Waals surface area contributed by atoms with E-state index < -0.39 is 23.6 Å². The maximum Gasteiger partial charge on any atom is 0.325 e. The third-order valence-electron chi connectivity index (χ3n) is 3.36. The molecule has 0 aromatic carbocycles. The average molecular weight is 258 g/mol. The Morgan fingerprint density at radius 1 is 1.28 bits per heavy atom. The van der Waals surface area contributed by atoms with Gasteiger partial charge in [-0.3, -0.25) is 9.59 Å². The molecule has 0 amide bonds. The van der Waals surface area contributed by atoms with Crippen LogP contribution in [-0.4, -0.2) is 29.9 Å². The Morgan fingerprint density at radius 2 is 1.83 bits per heavy atom. The molecule has 1 aliphatic rings. The fraction of sp³-hybridized carbons (Fsp3) is 0.846. The zero-order valence-electron chi connectivity index (χ0n) is 11.3. The molecule has 1 atom stereocenters. The average Bonchev–Trinajstić information content (AvgIpc) is 2.78. The van der Waals surface area contributed by atoms with Gasteiger partial charge in [0, 0.05) is 12.5 Å². The molecule has 0 saturated heterocycles. The molecule has 0 bridgehead atoms. The molecule has 0 aromatic rings. The van der Waals surface area contributed by atoms with Gasteiger partial charge in [-0.05, 0) is 19.8 Å². The maximum absolute atomic E-state index is 12.1. The van der Waals surface area contributed by atoms with Crippen molar-refractivity contribution in [2.45, 2.75) is 52.7 Å². The molecule has 5 nitrogen and oxygen atoms in total. The van der Waals surface area contributed by atoms with Crippen LogP contribution in [-0.2, 0) is 19.1 Å². The van der Waals surface area contributed by atoms with E-state index in [1.54, 1.807) is 0 Å². The summed E-state index contributed by atoms with van der Waals surface area (Å²) in [5.41, 5.74) is -1.36. The van der Waals surface area contributed by atoms with Gasteiger partial charge in [-0.25, -0.2) is 0 Å². The Kier molecular flexibility index (Phi) is 5.14. The summed E-state index contributed by atoms with van der Waals surface area (Å²) in [4.78, 5) is 23.4. The van der Waals surface area contributed by atoms with Gasteiger partial charge in [0.25, 0.3) is 0 Å². The molecule has 1 aliphatic carbocycles. The first-order valence-corrected chi connectivity index (χ1v) is 6.50. The first-order chi connectivity index (χ1) is 8.44. The van der Waals surface area contributed by atoms with E-state index in [2.05, 4.69) is 0 Å². The van der Waals surface area contributed by atoms with Crippen LogP contribution in [0.3, 0.4) is 0 Å². The molecule has 0 radical (unpaired) electrons. The van der Waals surface area contributed by atoms with Crippen molar-refractivity contribution in [2.24, 2.45) is 11.3 Å². The number of esters is 1. The van der Waals surface area contributed by atoms with Crippen molar-refractivity contribution in [3.8, 4) is 0 Å².